The van der Waals surface area contributed by atoms with E-state index >= 15 is 0 Å². The molecule has 0 spiro atoms. The Balaban J connectivity index is 2.17. The van der Waals surface area contributed by atoms with Crippen molar-refractivity contribution in [2.75, 3.05) is 0 Å². The minimum absolute atomic E-state index is 0.123. The molecule has 0 unspecified atom stereocenters. The molecule has 3 rings (SSSR count). The number of aryl methyl sites for hydroxylation is 1. The Morgan fingerprint density at radius 1 is 0.857 bits per heavy atom. The first-order valence-corrected chi connectivity index (χ1v) is 7.72. The van der Waals surface area contributed by atoms with Crippen molar-refractivity contribution in [2.24, 2.45) is 0 Å². The van der Waals surface area contributed by atoms with Gasteiger partial charge in [0.15, 0.2) is 0 Å². The molecule has 2 aromatic carbocycles. The van der Waals surface area contributed by atoms with Crippen molar-refractivity contribution in [3.8, 4) is 11.5 Å². The van der Waals surface area contributed by atoms with E-state index in [1.807, 2.05) is 31.2 Å². The number of para-hydroxylation sites is 1. The first-order chi connectivity index (χ1) is 10.1. The maximum absolute atomic E-state index is 10.4. The minimum atomic E-state index is -0.123. The molecule has 2 heteroatoms. The van der Waals surface area contributed by atoms with Gasteiger partial charge in [0.2, 0.25) is 0 Å². The Bertz CT molecular complexity index is 640. The number of hydrogen-bond donors (Lipinski definition) is 2. The summed E-state index contributed by atoms with van der Waals surface area (Å²) in [5, 5.41) is 20.2. The van der Waals surface area contributed by atoms with Gasteiger partial charge < -0.3 is 10.2 Å². The normalized spacial score (nSPS) is 17.6. The lowest BCUT2D eigenvalue weighted by Gasteiger charge is -2.39. The fraction of sp³-hybridized carbons (Fsp3) is 0.368. The fourth-order valence-electron chi connectivity index (χ4n) is 3.70. The highest BCUT2D eigenvalue weighted by Gasteiger charge is 2.37. The summed E-state index contributed by atoms with van der Waals surface area (Å²) in [6, 6.07) is 13.6. The van der Waals surface area contributed by atoms with E-state index in [1.165, 1.54) is 24.8 Å². The van der Waals surface area contributed by atoms with Crippen molar-refractivity contribution in [1.82, 2.24) is 0 Å². The topological polar surface area (TPSA) is 40.5 Å². The van der Waals surface area contributed by atoms with E-state index < -0.39 is 0 Å². The van der Waals surface area contributed by atoms with Crippen LogP contribution in [0.1, 0.15) is 48.8 Å². The number of phenols is 2. The Labute approximate surface area is 126 Å². The summed E-state index contributed by atoms with van der Waals surface area (Å²) in [5.74, 6) is 0.715. The van der Waals surface area contributed by atoms with E-state index in [1.54, 1.807) is 12.1 Å². The Morgan fingerprint density at radius 3 is 2.24 bits per heavy atom. The maximum atomic E-state index is 10.4. The summed E-state index contributed by atoms with van der Waals surface area (Å²) >= 11 is 0. The van der Waals surface area contributed by atoms with Crippen LogP contribution in [0.3, 0.4) is 0 Å². The van der Waals surface area contributed by atoms with E-state index in [-0.39, 0.29) is 5.41 Å². The number of benzene rings is 2. The number of aromatic hydroxyl groups is 2. The van der Waals surface area contributed by atoms with Gasteiger partial charge in [0.25, 0.3) is 0 Å². The van der Waals surface area contributed by atoms with E-state index in [9.17, 15) is 10.2 Å². The van der Waals surface area contributed by atoms with Gasteiger partial charge in [-0.2, -0.15) is 0 Å². The van der Waals surface area contributed by atoms with Crippen LogP contribution in [0.15, 0.2) is 42.5 Å². The van der Waals surface area contributed by atoms with Gasteiger partial charge in [-0.1, -0.05) is 49.6 Å². The molecule has 2 nitrogen and oxygen atoms in total. The van der Waals surface area contributed by atoms with Crippen LogP contribution >= 0.6 is 0 Å². The molecule has 0 bridgehead atoms. The van der Waals surface area contributed by atoms with Gasteiger partial charge in [0, 0.05) is 11.0 Å². The molecular formula is C19H22O2. The van der Waals surface area contributed by atoms with E-state index in [4.69, 9.17) is 0 Å². The molecule has 110 valence electrons. The van der Waals surface area contributed by atoms with Crippen molar-refractivity contribution in [3.63, 3.8) is 0 Å². The van der Waals surface area contributed by atoms with Gasteiger partial charge in [-0.25, -0.2) is 0 Å². The average Bonchev–Trinajstić information content (AvgIpc) is 2.51. The molecule has 21 heavy (non-hydrogen) atoms. The summed E-state index contributed by atoms with van der Waals surface area (Å²) in [4.78, 5) is 0. The largest absolute Gasteiger partial charge is 0.508 e. The average molecular weight is 282 g/mol. The zero-order chi connectivity index (χ0) is 14.9. The van der Waals surface area contributed by atoms with Crippen LogP contribution < -0.4 is 0 Å². The highest BCUT2D eigenvalue weighted by molar-refractivity contribution is 5.49. The van der Waals surface area contributed by atoms with Crippen LogP contribution in [0, 0.1) is 6.92 Å². The van der Waals surface area contributed by atoms with E-state index in [0.29, 0.717) is 11.5 Å². The first kappa shape index (κ1) is 14.0. The Morgan fingerprint density at radius 2 is 1.57 bits per heavy atom. The van der Waals surface area contributed by atoms with Gasteiger partial charge in [-0.3, -0.25) is 0 Å². The molecule has 0 atom stereocenters. The maximum Gasteiger partial charge on any atom is 0.119 e. The Hall–Kier alpha value is -1.96. The van der Waals surface area contributed by atoms with Gasteiger partial charge in [-0.15, -0.1) is 0 Å². The minimum Gasteiger partial charge on any atom is -0.508 e. The second-order valence-electron chi connectivity index (χ2n) is 6.16. The molecule has 1 fully saturated rings. The predicted octanol–water partition coefficient (Wildman–Crippen LogP) is 4.66. The van der Waals surface area contributed by atoms with Crippen LogP contribution in [0.2, 0.25) is 0 Å². The Kier molecular flexibility index (Phi) is 3.62. The number of phenolic OH excluding ortho intramolecular Hbond substituents is 2. The van der Waals surface area contributed by atoms with Gasteiger partial charge in [0.05, 0.1) is 0 Å². The molecule has 1 aliphatic carbocycles. The molecule has 0 amide bonds. The third-order valence-electron chi connectivity index (χ3n) is 4.88. The third kappa shape index (κ3) is 2.39. The molecule has 0 heterocycles. The molecule has 0 saturated heterocycles. The number of hydrogen-bond acceptors (Lipinski definition) is 2. The van der Waals surface area contributed by atoms with Crippen molar-refractivity contribution in [2.45, 2.75) is 44.4 Å². The molecular weight excluding hydrogens is 260 g/mol. The van der Waals surface area contributed by atoms with Crippen molar-refractivity contribution < 1.29 is 10.2 Å². The SMILES string of the molecule is Cc1cc(C2(c3ccccc3O)CCCCC2)ccc1O. The van der Waals surface area contributed by atoms with Crippen LogP contribution in [0.25, 0.3) is 0 Å². The zero-order valence-electron chi connectivity index (χ0n) is 12.5. The quantitative estimate of drug-likeness (QED) is 0.841. The molecule has 1 aliphatic rings. The predicted molar refractivity (Wildman–Crippen MR) is 84.8 cm³/mol. The second-order valence-corrected chi connectivity index (χ2v) is 6.16. The van der Waals surface area contributed by atoms with E-state index in [2.05, 4.69) is 6.07 Å². The molecule has 0 aliphatic heterocycles. The van der Waals surface area contributed by atoms with Crippen LogP contribution in [-0.4, -0.2) is 10.2 Å². The lowest BCUT2D eigenvalue weighted by molar-refractivity contribution is 0.332. The summed E-state index contributed by atoms with van der Waals surface area (Å²) in [6.45, 7) is 1.93. The fourth-order valence-corrected chi connectivity index (χ4v) is 3.70. The van der Waals surface area contributed by atoms with Gasteiger partial charge in [0.1, 0.15) is 11.5 Å². The summed E-state index contributed by atoms with van der Waals surface area (Å²) in [5.41, 5.74) is 3.00. The summed E-state index contributed by atoms with van der Waals surface area (Å²) in [7, 11) is 0. The lowest BCUT2D eigenvalue weighted by atomic mass is 9.65. The molecule has 0 radical (unpaired) electrons. The number of rotatable bonds is 2. The molecule has 0 aromatic heterocycles. The monoisotopic (exact) mass is 282 g/mol. The highest BCUT2D eigenvalue weighted by atomic mass is 16.3. The van der Waals surface area contributed by atoms with E-state index in [0.717, 1.165) is 24.0 Å². The second kappa shape index (κ2) is 5.44. The molecule has 1 saturated carbocycles. The molecule has 2 N–H and O–H groups in total. The molecule has 2 aromatic rings. The zero-order valence-corrected chi connectivity index (χ0v) is 12.5. The van der Waals surface area contributed by atoms with Crippen LogP contribution in [0.5, 0.6) is 11.5 Å². The standard InChI is InChI=1S/C19H22O2/c1-14-13-15(9-10-17(14)20)19(11-5-2-6-12-19)16-7-3-4-8-18(16)21/h3-4,7-10,13,20-21H,2,5-6,11-12H2,1H3. The summed E-state index contributed by atoms with van der Waals surface area (Å²) in [6.07, 6.45) is 5.71. The van der Waals surface area contributed by atoms with Gasteiger partial charge in [-0.05, 0) is 43.0 Å². The van der Waals surface area contributed by atoms with Crippen molar-refractivity contribution >= 4 is 0 Å². The smallest absolute Gasteiger partial charge is 0.119 e. The van der Waals surface area contributed by atoms with Crippen LogP contribution in [0.4, 0.5) is 0 Å². The van der Waals surface area contributed by atoms with Crippen molar-refractivity contribution in [1.29, 1.82) is 0 Å². The van der Waals surface area contributed by atoms with Gasteiger partial charge >= 0.3 is 0 Å². The lowest BCUT2D eigenvalue weighted by Crippen LogP contribution is -2.30. The third-order valence-corrected chi connectivity index (χ3v) is 4.88. The van der Waals surface area contributed by atoms with Crippen LogP contribution in [-0.2, 0) is 5.41 Å². The van der Waals surface area contributed by atoms with Crippen molar-refractivity contribution in [3.05, 3.63) is 59.2 Å². The first-order valence-electron chi connectivity index (χ1n) is 7.72. The highest BCUT2D eigenvalue weighted by Crippen LogP contribution is 2.48. The summed E-state index contributed by atoms with van der Waals surface area (Å²) < 4.78 is 0.